The van der Waals surface area contributed by atoms with Gasteiger partial charge in [0.1, 0.15) is 5.69 Å². The van der Waals surface area contributed by atoms with E-state index in [2.05, 4.69) is 20.3 Å². The third-order valence-electron chi connectivity index (χ3n) is 4.11. The minimum Gasteiger partial charge on any atom is -0.332 e. The van der Waals surface area contributed by atoms with Gasteiger partial charge >= 0.3 is 0 Å². The second kappa shape index (κ2) is 7.14. The molecule has 0 radical (unpaired) electrons. The zero-order valence-corrected chi connectivity index (χ0v) is 14.3. The van der Waals surface area contributed by atoms with Crippen LogP contribution < -0.4 is 5.32 Å². The van der Waals surface area contributed by atoms with Gasteiger partial charge in [-0.1, -0.05) is 0 Å². The fourth-order valence-electron chi connectivity index (χ4n) is 2.72. The van der Waals surface area contributed by atoms with E-state index in [1.54, 1.807) is 23.7 Å². The van der Waals surface area contributed by atoms with Crippen LogP contribution in [0.15, 0.2) is 17.9 Å². The van der Waals surface area contributed by atoms with E-state index in [9.17, 15) is 4.79 Å². The van der Waals surface area contributed by atoms with Crippen molar-refractivity contribution in [2.24, 2.45) is 5.92 Å². The zero-order chi connectivity index (χ0) is 16.2. The molecule has 0 aromatic carbocycles. The topological polar surface area (TPSA) is 71.0 Å². The fraction of sp³-hybridized carbons (Fsp3) is 0.500. The standard InChI is InChI=1S/C16H21N5OS/c1-11-5-19-14(7-18-11)16(22)21(8-13-3-4-17-6-13)9-15-12(2)20-10-23-15/h5,7,10,13,17H,3-4,6,8-9H2,1-2H3. The molecule has 2 aromatic heterocycles. The monoisotopic (exact) mass is 331 g/mol. The Morgan fingerprint density at radius 2 is 2.22 bits per heavy atom. The smallest absolute Gasteiger partial charge is 0.274 e. The molecule has 122 valence electrons. The Morgan fingerprint density at radius 1 is 1.35 bits per heavy atom. The van der Waals surface area contributed by atoms with Crippen LogP contribution in [0.5, 0.6) is 0 Å². The average Bonchev–Trinajstić information content (AvgIpc) is 3.19. The van der Waals surface area contributed by atoms with E-state index in [-0.39, 0.29) is 5.91 Å². The van der Waals surface area contributed by atoms with Gasteiger partial charge in [-0.25, -0.2) is 9.97 Å². The van der Waals surface area contributed by atoms with Crippen molar-refractivity contribution in [3.63, 3.8) is 0 Å². The fourth-order valence-corrected chi connectivity index (χ4v) is 3.51. The van der Waals surface area contributed by atoms with Crippen LogP contribution in [0.25, 0.3) is 0 Å². The first kappa shape index (κ1) is 16.0. The molecule has 6 nitrogen and oxygen atoms in total. The summed E-state index contributed by atoms with van der Waals surface area (Å²) in [5.74, 6) is 0.433. The van der Waals surface area contributed by atoms with Gasteiger partial charge in [0.25, 0.3) is 5.91 Å². The first-order valence-corrected chi connectivity index (χ1v) is 8.69. The van der Waals surface area contributed by atoms with E-state index < -0.39 is 0 Å². The lowest BCUT2D eigenvalue weighted by Gasteiger charge is -2.25. The maximum Gasteiger partial charge on any atom is 0.274 e. The molecule has 1 aliphatic heterocycles. The first-order valence-electron chi connectivity index (χ1n) is 7.81. The molecule has 0 spiro atoms. The summed E-state index contributed by atoms with van der Waals surface area (Å²) in [4.78, 5) is 28.6. The number of carbonyl (C=O) groups excluding carboxylic acids is 1. The van der Waals surface area contributed by atoms with Crippen LogP contribution in [-0.2, 0) is 6.54 Å². The highest BCUT2D eigenvalue weighted by Crippen LogP contribution is 2.19. The van der Waals surface area contributed by atoms with E-state index in [0.29, 0.717) is 18.2 Å². The van der Waals surface area contributed by atoms with Gasteiger partial charge in [-0.2, -0.15) is 0 Å². The molecule has 7 heteroatoms. The van der Waals surface area contributed by atoms with Crippen molar-refractivity contribution in [1.29, 1.82) is 0 Å². The number of nitrogens with zero attached hydrogens (tertiary/aromatic N) is 4. The number of hydrogen-bond acceptors (Lipinski definition) is 6. The molecule has 3 heterocycles. The molecule has 1 fully saturated rings. The Hall–Kier alpha value is -1.86. The van der Waals surface area contributed by atoms with Crippen LogP contribution >= 0.6 is 11.3 Å². The molecule has 0 bridgehead atoms. The molecule has 3 rings (SSSR count). The van der Waals surface area contributed by atoms with Gasteiger partial charge in [0, 0.05) is 17.6 Å². The highest BCUT2D eigenvalue weighted by atomic mass is 32.1. The normalized spacial score (nSPS) is 17.4. The number of nitrogens with one attached hydrogen (secondary N) is 1. The van der Waals surface area contributed by atoms with E-state index in [4.69, 9.17) is 0 Å². The van der Waals surface area contributed by atoms with Crippen LogP contribution in [0.2, 0.25) is 0 Å². The second-order valence-corrected chi connectivity index (χ2v) is 6.89. The van der Waals surface area contributed by atoms with Crippen LogP contribution in [0.3, 0.4) is 0 Å². The second-order valence-electron chi connectivity index (χ2n) is 5.95. The van der Waals surface area contributed by atoms with Crippen LogP contribution in [-0.4, -0.2) is 45.4 Å². The van der Waals surface area contributed by atoms with Gasteiger partial charge in [-0.15, -0.1) is 11.3 Å². The van der Waals surface area contributed by atoms with E-state index >= 15 is 0 Å². The van der Waals surface area contributed by atoms with Gasteiger partial charge in [0.2, 0.25) is 0 Å². The van der Waals surface area contributed by atoms with Crippen molar-refractivity contribution in [3.05, 3.63) is 39.9 Å². The van der Waals surface area contributed by atoms with E-state index in [0.717, 1.165) is 42.3 Å². The molecular formula is C16H21N5OS. The highest BCUT2D eigenvalue weighted by Gasteiger charge is 2.24. The molecule has 0 aliphatic carbocycles. The van der Waals surface area contributed by atoms with E-state index in [1.165, 1.54) is 0 Å². The summed E-state index contributed by atoms with van der Waals surface area (Å²) in [5.41, 5.74) is 4.04. The summed E-state index contributed by atoms with van der Waals surface area (Å²) in [6, 6.07) is 0. The summed E-state index contributed by atoms with van der Waals surface area (Å²) in [7, 11) is 0. The summed E-state index contributed by atoms with van der Waals surface area (Å²) < 4.78 is 0. The number of aromatic nitrogens is 3. The van der Waals surface area contributed by atoms with Gasteiger partial charge in [0.05, 0.1) is 29.6 Å². The number of thiazole rings is 1. The van der Waals surface area contributed by atoms with Crippen molar-refractivity contribution >= 4 is 17.2 Å². The summed E-state index contributed by atoms with van der Waals surface area (Å²) in [5, 5.41) is 3.36. The molecule has 1 atom stereocenters. The molecule has 0 saturated carbocycles. The average molecular weight is 331 g/mol. The third-order valence-corrected chi connectivity index (χ3v) is 5.03. The molecule has 23 heavy (non-hydrogen) atoms. The Labute approximate surface area is 140 Å². The maximum atomic E-state index is 12.9. The van der Waals surface area contributed by atoms with Crippen LogP contribution in [0.4, 0.5) is 0 Å². The largest absolute Gasteiger partial charge is 0.332 e. The van der Waals surface area contributed by atoms with Gasteiger partial charge in [-0.3, -0.25) is 9.78 Å². The van der Waals surface area contributed by atoms with Gasteiger partial charge in [-0.05, 0) is 39.3 Å². The van der Waals surface area contributed by atoms with Crippen molar-refractivity contribution in [2.45, 2.75) is 26.8 Å². The molecular weight excluding hydrogens is 310 g/mol. The third kappa shape index (κ3) is 3.92. The number of rotatable bonds is 5. The molecule has 1 aliphatic rings. The summed E-state index contributed by atoms with van der Waals surface area (Å²) >= 11 is 1.59. The van der Waals surface area contributed by atoms with Crippen molar-refractivity contribution in [3.8, 4) is 0 Å². The molecule has 1 N–H and O–H groups in total. The van der Waals surface area contributed by atoms with Crippen molar-refractivity contribution < 1.29 is 4.79 Å². The number of amides is 1. The van der Waals surface area contributed by atoms with Crippen LogP contribution in [0.1, 0.15) is 33.2 Å². The predicted octanol–water partition coefficient (Wildman–Crippen LogP) is 1.80. The summed E-state index contributed by atoms with van der Waals surface area (Å²) in [6.45, 7) is 7.16. The Kier molecular flexibility index (Phi) is 4.97. The zero-order valence-electron chi connectivity index (χ0n) is 13.5. The quantitative estimate of drug-likeness (QED) is 0.904. The molecule has 1 amide bonds. The Morgan fingerprint density at radius 3 is 2.83 bits per heavy atom. The highest BCUT2D eigenvalue weighted by molar-refractivity contribution is 7.09. The molecule has 1 saturated heterocycles. The maximum absolute atomic E-state index is 12.9. The minimum atomic E-state index is -0.0581. The lowest BCUT2D eigenvalue weighted by Crippen LogP contribution is -2.36. The SMILES string of the molecule is Cc1cnc(C(=O)N(Cc2scnc2C)CC2CCNC2)cn1. The van der Waals surface area contributed by atoms with Crippen molar-refractivity contribution in [1.82, 2.24) is 25.2 Å². The first-order chi connectivity index (χ1) is 11.1. The Balaban J connectivity index is 1.79. The number of aryl methyl sites for hydroxylation is 2. The van der Waals surface area contributed by atoms with Gasteiger partial charge in [0.15, 0.2) is 0 Å². The van der Waals surface area contributed by atoms with Crippen LogP contribution in [0, 0.1) is 19.8 Å². The van der Waals surface area contributed by atoms with Crippen molar-refractivity contribution in [2.75, 3.05) is 19.6 Å². The number of hydrogen-bond donors (Lipinski definition) is 1. The minimum absolute atomic E-state index is 0.0581. The lowest BCUT2D eigenvalue weighted by atomic mass is 10.1. The Bertz CT molecular complexity index is 663. The lowest BCUT2D eigenvalue weighted by molar-refractivity contribution is 0.0713. The predicted molar refractivity (Wildman–Crippen MR) is 89.3 cm³/mol. The number of carbonyl (C=O) groups is 1. The molecule has 2 aromatic rings. The summed E-state index contributed by atoms with van der Waals surface area (Å²) in [6.07, 6.45) is 4.31. The molecule has 1 unspecified atom stereocenters. The van der Waals surface area contributed by atoms with E-state index in [1.807, 2.05) is 24.3 Å². The van der Waals surface area contributed by atoms with Gasteiger partial charge < -0.3 is 10.2 Å².